The molecule has 0 bridgehead atoms. The number of rotatable bonds is 5. The number of carbonyl (C=O) groups is 2. The highest BCUT2D eigenvalue weighted by Crippen LogP contribution is 2.22. The molecule has 2 amide bonds. The predicted molar refractivity (Wildman–Crippen MR) is 102 cm³/mol. The number of amides is 2. The van der Waals surface area contributed by atoms with Crippen molar-refractivity contribution >= 4 is 39.1 Å². The number of hydrogen-bond acceptors (Lipinski definition) is 5. The van der Waals surface area contributed by atoms with E-state index >= 15 is 0 Å². The number of nitrogens with zero attached hydrogens (tertiary/aromatic N) is 1. The second kappa shape index (κ2) is 8.15. The minimum atomic E-state index is -0.787. The molecule has 0 aliphatic heterocycles. The van der Waals surface area contributed by atoms with Crippen molar-refractivity contribution in [3.63, 3.8) is 0 Å². The van der Waals surface area contributed by atoms with E-state index in [0.29, 0.717) is 5.75 Å². The number of nitrogens with one attached hydrogen (secondary N) is 3. The van der Waals surface area contributed by atoms with Crippen LogP contribution in [0, 0.1) is 0 Å². The number of carbonyl (C=O) groups excluding carboxylic acids is 2. The van der Waals surface area contributed by atoms with Gasteiger partial charge in [0.1, 0.15) is 5.75 Å². The molecule has 0 saturated heterocycles. The number of hydrogen-bond donors (Lipinski definition) is 3. The molecule has 3 N–H and O–H groups in total. The van der Waals surface area contributed by atoms with E-state index in [-0.39, 0.29) is 5.69 Å². The van der Waals surface area contributed by atoms with E-state index in [1.165, 1.54) is 11.3 Å². The highest BCUT2D eigenvalue weighted by atomic mass is 79.9. The maximum absolute atomic E-state index is 12.1. The Morgan fingerprint density at radius 2 is 2.08 bits per heavy atom. The molecule has 0 fully saturated rings. The SMILES string of the molecule is CC(Oc1cccc(Br)c1)C(=O)NNC(=O)c1cc(-c2cccs2)[nH]n1. The van der Waals surface area contributed by atoms with Crippen LogP contribution in [0.1, 0.15) is 17.4 Å². The maximum atomic E-state index is 12.1. The molecule has 2 heterocycles. The number of aromatic nitrogens is 2. The Hall–Kier alpha value is -2.65. The zero-order valence-corrected chi connectivity index (χ0v) is 16.1. The third-order valence-corrected chi connectivity index (χ3v) is 4.77. The van der Waals surface area contributed by atoms with Crippen molar-refractivity contribution in [1.82, 2.24) is 21.0 Å². The highest BCUT2D eigenvalue weighted by molar-refractivity contribution is 9.10. The number of hydrazine groups is 1. The number of H-pyrrole nitrogens is 1. The summed E-state index contributed by atoms with van der Waals surface area (Å²) in [5.41, 5.74) is 5.58. The summed E-state index contributed by atoms with van der Waals surface area (Å²) >= 11 is 4.87. The topological polar surface area (TPSA) is 96.1 Å². The summed E-state index contributed by atoms with van der Waals surface area (Å²) in [5, 5.41) is 8.68. The number of aromatic amines is 1. The summed E-state index contributed by atoms with van der Waals surface area (Å²) in [6.07, 6.45) is -0.787. The lowest BCUT2D eigenvalue weighted by atomic mass is 10.3. The molecule has 9 heteroatoms. The van der Waals surface area contributed by atoms with E-state index < -0.39 is 17.9 Å². The molecule has 0 saturated carbocycles. The van der Waals surface area contributed by atoms with Crippen LogP contribution >= 0.6 is 27.3 Å². The van der Waals surface area contributed by atoms with Crippen molar-refractivity contribution in [2.24, 2.45) is 0 Å². The van der Waals surface area contributed by atoms with Gasteiger partial charge in [-0.3, -0.25) is 25.5 Å². The van der Waals surface area contributed by atoms with Gasteiger partial charge in [-0.1, -0.05) is 28.1 Å². The van der Waals surface area contributed by atoms with Gasteiger partial charge < -0.3 is 4.74 Å². The molecular formula is C17H15BrN4O3S. The second-order valence-electron chi connectivity index (χ2n) is 5.30. The quantitative estimate of drug-likeness (QED) is 0.537. The van der Waals surface area contributed by atoms with Gasteiger partial charge in [0.2, 0.25) is 0 Å². The Labute approximate surface area is 161 Å². The molecule has 0 aliphatic carbocycles. The first-order valence-electron chi connectivity index (χ1n) is 7.64. The Morgan fingerprint density at radius 1 is 1.23 bits per heavy atom. The van der Waals surface area contributed by atoms with Gasteiger partial charge in [0.25, 0.3) is 11.8 Å². The molecule has 1 unspecified atom stereocenters. The standard InChI is InChI=1S/C17H15BrN4O3S/c1-10(25-12-5-2-4-11(18)8-12)16(23)21-22-17(24)14-9-13(19-20-14)15-6-3-7-26-15/h2-10H,1H3,(H,19,20)(H,21,23)(H,22,24). The Kier molecular flexibility index (Phi) is 5.69. The first-order chi connectivity index (χ1) is 12.5. The van der Waals surface area contributed by atoms with Crippen molar-refractivity contribution in [3.8, 4) is 16.3 Å². The average Bonchev–Trinajstić information content (AvgIpc) is 3.30. The number of halogens is 1. The molecule has 7 nitrogen and oxygen atoms in total. The van der Waals surface area contributed by atoms with Gasteiger partial charge in [0.05, 0.1) is 10.6 Å². The molecule has 26 heavy (non-hydrogen) atoms. The van der Waals surface area contributed by atoms with Crippen molar-refractivity contribution in [3.05, 3.63) is 58.0 Å². The lowest BCUT2D eigenvalue weighted by Gasteiger charge is -2.15. The summed E-state index contributed by atoms with van der Waals surface area (Å²) in [6.45, 7) is 1.59. The van der Waals surface area contributed by atoms with Gasteiger partial charge >= 0.3 is 0 Å². The minimum absolute atomic E-state index is 0.175. The predicted octanol–water partition coefficient (Wildman–Crippen LogP) is 3.13. The van der Waals surface area contributed by atoms with Crippen LogP contribution in [0.25, 0.3) is 10.6 Å². The number of thiophene rings is 1. The van der Waals surface area contributed by atoms with Crippen molar-refractivity contribution in [2.45, 2.75) is 13.0 Å². The highest BCUT2D eigenvalue weighted by Gasteiger charge is 2.17. The van der Waals surface area contributed by atoms with Crippen LogP contribution < -0.4 is 15.6 Å². The first-order valence-corrected chi connectivity index (χ1v) is 9.32. The van der Waals surface area contributed by atoms with Gasteiger partial charge in [0, 0.05) is 4.47 Å². The van der Waals surface area contributed by atoms with Crippen LogP contribution in [-0.4, -0.2) is 28.1 Å². The fourth-order valence-electron chi connectivity index (χ4n) is 2.08. The van der Waals surface area contributed by atoms with Gasteiger partial charge in [-0.25, -0.2) is 0 Å². The fourth-order valence-corrected chi connectivity index (χ4v) is 3.15. The smallest absolute Gasteiger partial charge is 0.290 e. The largest absolute Gasteiger partial charge is 0.481 e. The van der Waals surface area contributed by atoms with Gasteiger partial charge in [-0.2, -0.15) is 5.10 Å². The molecule has 134 valence electrons. The molecule has 1 aromatic carbocycles. The molecule has 3 aromatic rings. The summed E-state index contributed by atoms with van der Waals surface area (Å²) in [6, 6.07) is 12.6. The van der Waals surface area contributed by atoms with E-state index in [1.54, 1.807) is 31.2 Å². The first kappa shape index (κ1) is 18.2. The average molecular weight is 435 g/mol. The van der Waals surface area contributed by atoms with E-state index in [2.05, 4.69) is 37.0 Å². The Morgan fingerprint density at radius 3 is 2.81 bits per heavy atom. The van der Waals surface area contributed by atoms with Crippen molar-refractivity contribution < 1.29 is 14.3 Å². The lowest BCUT2D eigenvalue weighted by Crippen LogP contribution is -2.47. The van der Waals surface area contributed by atoms with Gasteiger partial charge in [0.15, 0.2) is 11.8 Å². The van der Waals surface area contributed by atoms with Crippen LogP contribution in [0.4, 0.5) is 0 Å². The Bertz CT molecular complexity index is 910. The van der Waals surface area contributed by atoms with Crippen LogP contribution in [-0.2, 0) is 4.79 Å². The summed E-state index contributed by atoms with van der Waals surface area (Å²) in [7, 11) is 0. The molecule has 2 aromatic heterocycles. The minimum Gasteiger partial charge on any atom is -0.481 e. The molecular weight excluding hydrogens is 420 g/mol. The monoisotopic (exact) mass is 434 g/mol. The summed E-state index contributed by atoms with van der Waals surface area (Å²) < 4.78 is 6.38. The van der Waals surface area contributed by atoms with Gasteiger partial charge in [-0.15, -0.1) is 11.3 Å². The van der Waals surface area contributed by atoms with E-state index in [0.717, 1.165) is 15.0 Å². The summed E-state index contributed by atoms with van der Waals surface area (Å²) in [5.74, 6) is -0.458. The number of ether oxygens (including phenoxy) is 1. The summed E-state index contributed by atoms with van der Waals surface area (Å²) in [4.78, 5) is 25.1. The molecule has 0 radical (unpaired) electrons. The zero-order valence-electron chi connectivity index (χ0n) is 13.7. The van der Waals surface area contributed by atoms with Crippen LogP contribution in [0.2, 0.25) is 0 Å². The van der Waals surface area contributed by atoms with Crippen molar-refractivity contribution in [2.75, 3.05) is 0 Å². The van der Waals surface area contributed by atoms with Crippen LogP contribution in [0.5, 0.6) is 5.75 Å². The van der Waals surface area contributed by atoms with Crippen LogP contribution in [0.3, 0.4) is 0 Å². The molecule has 1 atom stereocenters. The normalized spacial score (nSPS) is 11.6. The van der Waals surface area contributed by atoms with Gasteiger partial charge in [-0.05, 0) is 42.6 Å². The van der Waals surface area contributed by atoms with Crippen LogP contribution in [0.15, 0.2) is 52.3 Å². The third-order valence-electron chi connectivity index (χ3n) is 3.37. The molecule has 0 spiro atoms. The fraction of sp³-hybridized carbons (Fsp3) is 0.118. The second-order valence-corrected chi connectivity index (χ2v) is 7.17. The Balaban J connectivity index is 1.53. The van der Waals surface area contributed by atoms with Crippen molar-refractivity contribution in [1.29, 1.82) is 0 Å². The maximum Gasteiger partial charge on any atom is 0.290 e. The molecule has 0 aliphatic rings. The molecule has 3 rings (SSSR count). The van der Waals surface area contributed by atoms with E-state index in [4.69, 9.17) is 4.74 Å². The zero-order chi connectivity index (χ0) is 18.5. The van der Waals surface area contributed by atoms with E-state index in [1.807, 2.05) is 23.6 Å². The third kappa shape index (κ3) is 4.50. The lowest BCUT2D eigenvalue weighted by molar-refractivity contribution is -0.128. The number of benzene rings is 1. The van der Waals surface area contributed by atoms with E-state index in [9.17, 15) is 9.59 Å².